The summed E-state index contributed by atoms with van der Waals surface area (Å²) in [7, 11) is 0. The molecule has 2 aromatic rings. The van der Waals surface area contributed by atoms with Crippen LogP contribution in [0.25, 0.3) is 0 Å². The van der Waals surface area contributed by atoms with E-state index in [2.05, 4.69) is 23.6 Å². The van der Waals surface area contributed by atoms with Crippen LogP contribution >= 0.6 is 11.3 Å². The lowest BCUT2D eigenvalue weighted by atomic mass is 9.92. The zero-order chi connectivity index (χ0) is 22.4. The number of rotatable bonds is 8. The summed E-state index contributed by atoms with van der Waals surface area (Å²) in [6.07, 6.45) is 1.58. The van der Waals surface area contributed by atoms with Gasteiger partial charge in [-0.2, -0.15) is 0 Å². The second-order valence-corrected chi connectivity index (χ2v) is 9.98. The molecule has 0 bridgehead atoms. The maximum absolute atomic E-state index is 13.5. The first-order valence-corrected chi connectivity index (χ1v) is 12.0. The van der Waals surface area contributed by atoms with Gasteiger partial charge in [-0.05, 0) is 42.3 Å². The fraction of sp³-hybridized carbons (Fsp3) is 0.520. The predicted molar refractivity (Wildman–Crippen MR) is 125 cm³/mol. The van der Waals surface area contributed by atoms with E-state index < -0.39 is 5.41 Å². The van der Waals surface area contributed by atoms with E-state index in [4.69, 9.17) is 4.74 Å². The molecule has 0 fully saturated rings. The highest BCUT2D eigenvalue weighted by atomic mass is 32.1. The predicted octanol–water partition coefficient (Wildman–Crippen LogP) is 4.52. The van der Waals surface area contributed by atoms with Crippen LogP contribution in [0.3, 0.4) is 0 Å². The molecule has 3 rings (SSSR count). The molecule has 5 nitrogen and oxygen atoms in total. The summed E-state index contributed by atoms with van der Waals surface area (Å²) < 4.78 is 5.44. The van der Waals surface area contributed by atoms with Gasteiger partial charge in [-0.15, -0.1) is 11.3 Å². The summed E-state index contributed by atoms with van der Waals surface area (Å²) in [6, 6.07) is 12.2. The fourth-order valence-electron chi connectivity index (χ4n) is 4.06. The summed E-state index contributed by atoms with van der Waals surface area (Å²) in [4.78, 5) is 31.6. The van der Waals surface area contributed by atoms with E-state index in [0.29, 0.717) is 26.3 Å². The normalized spacial score (nSPS) is 16.1. The van der Waals surface area contributed by atoms with Gasteiger partial charge >= 0.3 is 0 Å². The van der Waals surface area contributed by atoms with Gasteiger partial charge in [-0.25, -0.2) is 0 Å². The first kappa shape index (κ1) is 23.5. The van der Waals surface area contributed by atoms with Crippen molar-refractivity contribution in [2.75, 3.05) is 32.8 Å². The Kier molecular flexibility index (Phi) is 7.89. The van der Waals surface area contributed by atoms with Crippen LogP contribution in [-0.2, 0) is 20.7 Å². The Morgan fingerprint density at radius 3 is 2.61 bits per heavy atom. The minimum absolute atomic E-state index is 0.000266. The summed E-state index contributed by atoms with van der Waals surface area (Å²) in [5.41, 5.74) is 1.79. The second-order valence-electron chi connectivity index (χ2n) is 8.98. The number of carbonyl (C=O) groups is 2. The smallest absolute Gasteiger partial charge is 0.242 e. The molecule has 0 spiro atoms. The van der Waals surface area contributed by atoms with Gasteiger partial charge in [-0.1, -0.05) is 51.1 Å². The van der Waals surface area contributed by atoms with Crippen LogP contribution in [0.2, 0.25) is 0 Å². The molecular formula is C25H34N2O3S. The summed E-state index contributed by atoms with van der Waals surface area (Å²) in [6.45, 7) is 10.2. The monoisotopic (exact) mass is 442 g/mol. The Labute approximate surface area is 190 Å². The average Bonchev–Trinajstić information content (AvgIpc) is 3.23. The Morgan fingerprint density at radius 1 is 1.19 bits per heavy atom. The number of hydrogen-bond acceptors (Lipinski definition) is 4. The van der Waals surface area contributed by atoms with E-state index in [9.17, 15) is 9.59 Å². The fourth-order valence-corrected chi connectivity index (χ4v) is 4.97. The molecular weight excluding hydrogens is 408 g/mol. The van der Waals surface area contributed by atoms with Crippen LogP contribution in [0, 0.1) is 5.41 Å². The van der Waals surface area contributed by atoms with Gasteiger partial charge in [0.15, 0.2) is 0 Å². The van der Waals surface area contributed by atoms with Crippen molar-refractivity contribution < 1.29 is 14.3 Å². The molecule has 2 amide bonds. The SMILES string of the molecule is CCOCCCN(CC(=O)N1CCc2sccc2C1c1ccccc1)C(=O)C(C)(C)C. The molecule has 0 saturated heterocycles. The molecule has 0 N–H and O–H groups in total. The van der Waals surface area contributed by atoms with Crippen LogP contribution in [-0.4, -0.2) is 54.5 Å². The van der Waals surface area contributed by atoms with Gasteiger partial charge in [0.1, 0.15) is 0 Å². The minimum Gasteiger partial charge on any atom is -0.382 e. The van der Waals surface area contributed by atoms with E-state index in [1.54, 1.807) is 16.2 Å². The van der Waals surface area contributed by atoms with E-state index in [0.717, 1.165) is 18.4 Å². The number of hydrogen-bond donors (Lipinski definition) is 0. The van der Waals surface area contributed by atoms with E-state index in [1.807, 2.05) is 50.8 Å². The zero-order valence-corrected chi connectivity index (χ0v) is 19.9. The highest BCUT2D eigenvalue weighted by molar-refractivity contribution is 7.10. The first-order valence-electron chi connectivity index (χ1n) is 11.1. The quantitative estimate of drug-likeness (QED) is 0.565. The number of carbonyl (C=O) groups excluding carboxylic acids is 2. The molecule has 1 aromatic carbocycles. The molecule has 6 heteroatoms. The van der Waals surface area contributed by atoms with Crippen molar-refractivity contribution in [1.29, 1.82) is 0 Å². The molecule has 168 valence electrons. The standard InChI is InChI=1S/C25H34N2O3S/c1-5-30-16-9-14-26(24(29)25(2,3)4)18-22(28)27-15-12-21-20(13-17-31-21)23(27)19-10-7-6-8-11-19/h6-8,10-11,13,17,23H,5,9,12,14-16,18H2,1-4H3. The molecule has 0 aliphatic carbocycles. The summed E-state index contributed by atoms with van der Waals surface area (Å²) in [5, 5.41) is 2.11. The number of amides is 2. The van der Waals surface area contributed by atoms with Crippen molar-refractivity contribution in [2.24, 2.45) is 5.41 Å². The van der Waals surface area contributed by atoms with Gasteiger partial charge in [0, 0.05) is 36.6 Å². The molecule has 1 atom stereocenters. The van der Waals surface area contributed by atoms with Gasteiger partial charge in [-0.3, -0.25) is 9.59 Å². The van der Waals surface area contributed by atoms with Gasteiger partial charge in [0.2, 0.25) is 11.8 Å². The maximum atomic E-state index is 13.5. The highest BCUT2D eigenvalue weighted by Crippen LogP contribution is 2.37. The van der Waals surface area contributed by atoms with Crippen LogP contribution in [0.1, 0.15) is 56.2 Å². The maximum Gasteiger partial charge on any atom is 0.242 e. The van der Waals surface area contributed by atoms with Crippen molar-refractivity contribution in [1.82, 2.24) is 9.80 Å². The Morgan fingerprint density at radius 2 is 1.94 bits per heavy atom. The Hall–Kier alpha value is -2.18. The third kappa shape index (κ3) is 5.74. The number of benzene rings is 1. The van der Waals surface area contributed by atoms with Crippen molar-refractivity contribution in [3.8, 4) is 0 Å². The van der Waals surface area contributed by atoms with Gasteiger partial charge < -0.3 is 14.5 Å². The van der Waals surface area contributed by atoms with Crippen LogP contribution in [0.4, 0.5) is 0 Å². The third-order valence-electron chi connectivity index (χ3n) is 5.58. The largest absolute Gasteiger partial charge is 0.382 e. The second kappa shape index (κ2) is 10.4. The van der Waals surface area contributed by atoms with Crippen molar-refractivity contribution in [2.45, 2.75) is 46.6 Å². The van der Waals surface area contributed by atoms with Crippen LogP contribution in [0.15, 0.2) is 41.8 Å². The molecule has 1 unspecified atom stereocenters. The first-order chi connectivity index (χ1) is 14.8. The molecule has 2 heterocycles. The summed E-state index contributed by atoms with van der Waals surface area (Å²) in [5.74, 6) is 0.00144. The highest BCUT2D eigenvalue weighted by Gasteiger charge is 2.35. The minimum atomic E-state index is -0.535. The number of fused-ring (bicyclic) bond motifs is 1. The molecule has 1 aliphatic rings. The molecule has 1 aliphatic heterocycles. The lowest BCUT2D eigenvalue weighted by Crippen LogP contribution is -2.49. The van der Waals surface area contributed by atoms with Crippen LogP contribution in [0.5, 0.6) is 0 Å². The lowest BCUT2D eigenvalue weighted by Gasteiger charge is -2.38. The average molecular weight is 443 g/mol. The van der Waals surface area contributed by atoms with E-state index >= 15 is 0 Å². The van der Waals surface area contributed by atoms with E-state index in [1.165, 1.54) is 10.4 Å². The number of ether oxygens (including phenoxy) is 1. The third-order valence-corrected chi connectivity index (χ3v) is 6.57. The zero-order valence-electron chi connectivity index (χ0n) is 19.1. The molecule has 31 heavy (non-hydrogen) atoms. The van der Waals surface area contributed by atoms with Crippen molar-refractivity contribution >= 4 is 23.2 Å². The van der Waals surface area contributed by atoms with E-state index in [-0.39, 0.29) is 24.4 Å². The topological polar surface area (TPSA) is 49.9 Å². The van der Waals surface area contributed by atoms with Crippen LogP contribution < -0.4 is 0 Å². The molecule has 1 aromatic heterocycles. The van der Waals surface area contributed by atoms with Crippen molar-refractivity contribution in [3.63, 3.8) is 0 Å². The van der Waals surface area contributed by atoms with Gasteiger partial charge in [0.05, 0.1) is 12.6 Å². The van der Waals surface area contributed by atoms with Crippen molar-refractivity contribution in [3.05, 3.63) is 57.8 Å². The molecule has 0 radical (unpaired) electrons. The number of thiophene rings is 1. The molecule has 0 saturated carbocycles. The Balaban J connectivity index is 1.81. The van der Waals surface area contributed by atoms with Gasteiger partial charge in [0.25, 0.3) is 0 Å². The number of nitrogens with zero attached hydrogens (tertiary/aromatic N) is 2. The summed E-state index contributed by atoms with van der Waals surface area (Å²) >= 11 is 1.76. The Bertz CT molecular complexity index is 872. The lowest BCUT2D eigenvalue weighted by molar-refractivity contribution is -0.146.